The predicted octanol–water partition coefficient (Wildman–Crippen LogP) is 7.65. The van der Waals surface area contributed by atoms with Crippen LogP contribution in [-0.2, 0) is 12.8 Å². The zero-order valence-electron chi connectivity index (χ0n) is 16.7. The molecule has 0 bridgehead atoms. The molecule has 2 aliphatic carbocycles. The van der Waals surface area contributed by atoms with Gasteiger partial charge in [0.15, 0.2) is 0 Å². The van der Waals surface area contributed by atoms with Crippen molar-refractivity contribution in [2.75, 3.05) is 0 Å². The number of rotatable bonds is 1. The maximum atomic E-state index is 2.48. The van der Waals surface area contributed by atoms with Crippen LogP contribution in [-0.4, -0.2) is 0 Å². The second-order valence-electron chi connectivity index (χ2n) is 8.55. The summed E-state index contributed by atoms with van der Waals surface area (Å²) < 4.78 is 0. The molecule has 7 rings (SSSR count). The lowest BCUT2D eigenvalue weighted by Crippen LogP contribution is -1.88. The van der Waals surface area contributed by atoms with Crippen LogP contribution in [0, 0.1) is 0 Å². The molecule has 2 aliphatic rings. The van der Waals surface area contributed by atoms with Crippen LogP contribution >= 0.6 is 0 Å². The Morgan fingerprint density at radius 2 is 1.17 bits per heavy atom. The smallest absolute Gasteiger partial charge is 0.00130 e. The van der Waals surface area contributed by atoms with Crippen molar-refractivity contribution in [1.82, 2.24) is 0 Å². The maximum Gasteiger partial charge on any atom is -0.00130 e. The van der Waals surface area contributed by atoms with Gasteiger partial charge in [0, 0.05) is 0 Å². The molecule has 0 aliphatic heterocycles. The highest BCUT2D eigenvalue weighted by Crippen LogP contribution is 2.48. The van der Waals surface area contributed by atoms with E-state index in [9.17, 15) is 0 Å². The number of hydrogen-bond donors (Lipinski definition) is 0. The predicted molar refractivity (Wildman–Crippen MR) is 126 cm³/mol. The average Bonchev–Trinajstić information content (AvgIpc) is 3.35. The van der Waals surface area contributed by atoms with Gasteiger partial charge in [-0.05, 0) is 91.4 Å². The van der Waals surface area contributed by atoms with Crippen LogP contribution in [0.3, 0.4) is 0 Å². The first-order valence-electron chi connectivity index (χ1n) is 10.7. The first-order valence-corrected chi connectivity index (χ1v) is 10.7. The van der Waals surface area contributed by atoms with Crippen molar-refractivity contribution in [3.63, 3.8) is 0 Å². The monoisotopic (exact) mass is 380 g/mol. The standard InChI is InChI=1S/C30H20/c1-2-7-19(8-3-1)26-12-6-10-20-13-14-22-16-24-17-27-23(18-28(24)30(22)29(20)26)15-21-9-4-5-11-25(21)27/h1-14,17-18H,15-16H2. The topological polar surface area (TPSA) is 0 Å². The molecule has 30 heavy (non-hydrogen) atoms. The lowest BCUT2D eigenvalue weighted by atomic mass is 9.90. The molecule has 0 heteroatoms. The Bertz CT molecular complexity index is 1470. The first-order chi connectivity index (χ1) is 14.9. The molecule has 0 unspecified atom stereocenters. The molecule has 0 atom stereocenters. The molecular weight excluding hydrogens is 360 g/mol. The van der Waals surface area contributed by atoms with Gasteiger partial charge in [-0.3, -0.25) is 0 Å². The Labute approximate surface area is 176 Å². The molecule has 0 spiro atoms. The Balaban J connectivity index is 1.52. The summed E-state index contributed by atoms with van der Waals surface area (Å²) in [7, 11) is 0. The largest absolute Gasteiger partial charge is 0.0622 e. The van der Waals surface area contributed by atoms with Gasteiger partial charge in [0.25, 0.3) is 0 Å². The molecule has 0 nitrogen and oxygen atoms in total. The lowest BCUT2D eigenvalue weighted by Gasteiger charge is -2.13. The average molecular weight is 380 g/mol. The van der Waals surface area contributed by atoms with Crippen LogP contribution in [0.25, 0.3) is 44.2 Å². The highest BCUT2D eigenvalue weighted by atomic mass is 14.3. The maximum absolute atomic E-state index is 2.48. The fourth-order valence-electron chi connectivity index (χ4n) is 5.55. The van der Waals surface area contributed by atoms with Crippen LogP contribution in [0.4, 0.5) is 0 Å². The molecule has 0 N–H and O–H groups in total. The van der Waals surface area contributed by atoms with Gasteiger partial charge in [-0.15, -0.1) is 0 Å². The van der Waals surface area contributed by atoms with E-state index in [2.05, 4.69) is 97.1 Å². The van der Waals surface area contributed by atoms with Gasteiger partial charge in [0.2, 0.25) is 0 Å². The molecular formula is C30H20. The van der Waals surface area contributed by atoms with Crippen LogP contribution in [0.15, 0.2) is 97.1 Å². The summed E-state index contributed by atoms with van der Waals surface area (Å²) in [6.45, 7) is 0. The second-order valence-corrected chi connectivity index (χ2v) is 8.55. The quantitative estimate of drug-likeness (QED) is 0.274. The Morgan fingerprint density at radius 3 is 2.10 bits per heavy atom. The lowest BCUT2D eigenvalue weighted by molar-refractivity contribution is 1.24. The first kappa shape index (κ1) is 16.2. The van der Waals surface area contributed by atoms with Gasteiger partial charge in [-0.25, -0.2) is 0 Å². The second kappa shape index (κ2) is 5.93. The van der Waals surface area contributed by atoms with Gasteiger partial charge < -0.3 is 0 Å². The van der Waals surface area contributed by atoms with Gasteiger partial charge in [-0.1, -0.05) is 84.9 Å². The number of benzene rings is 5. The van der Waals surface area contributed by atoms with E-state index in [0.29, 0.717) is 0 Å². The van der Waals surface area contributed by atoms with Gasteiger partial charge in [-0.2, -0.15) is 0 Å². The fourth-order valence-corrected chi connectivity index (χ4v) is 5.55. The van der Waals surface area contributed by atoms with Crippen LogP contribution in [0.2, 0.25) is 0 Å². The third kappa shape index (κ3) is 2.16. The highest BCUT2D eigenvalue weighted by molar-refractivity contribution is 6.09. The summed E-state index contributed by atoms with van der Waals surface area (Å²) in [6.07, 6.45) is 2.07. The summed E-state index contributed by atoms with van der Waals surface area (Å²) in [5.74, 6) is 0. The van der Waals surface area contributed by atoms with E-state index in [1.807, 2.05) is 0 Å². The Kier molecular flexibility index (Phi) is 3.20. The SMILES string of the molecule is c1ccc(-c2cccc3ccc4c(c23)-c2cc3c(cc2C4)-c2ccccc2C3)cc1. The van der Waals surface area contributed by atoms with E-state index in [1.54, 1.807) is 0 Å². The van der Waals surface area contributed by atoms with Gasteiger partial charge in [0.1, 0.15) is 0 Å². The third-order valence-corrected chi connectivity index (χ3v) is 6.88. The van der Waals surface area contributed by atoms with Crippen molar-refractivity contribution >= 4 is 10.8 Å². The van der Waals surface area contributed by atoms with Crippen molar-refractivity contribution in [3.8, 4) is 33.4 Å². The van der Waals surface area contributed by atoms with E-state index in [-0.39, 0.29) is 0 Å². The minimum Gasteiger partial charge on any atom is -0.0622 e. The molecule has 0 saturated carbocycles. The van der Waals surface area contributed by atoms with Crippen molar-refractivity contribution in [3.05, 3.63) is 119 Å². The van der Waals surface area contributed by atoms with Crippen molar-refractivity contribution < 1.29 is 0 Å². The fraction of sp³-hybridized carbons (Fsp3) is 0.0667. The zero-order valence-corrected chi connectivity index (χ0v) is 16.7. The van der Waals surface area contributed by atoms with E-state index in [1.165, 1.54) is 66.4 Å². The van der Waals surface area contributed by atoms with Crippen LogP contribution < -0.4 is 0 Å². The van der Waals surface area contributed by atoms with Crippen LogP contribution in [0.1, 0.15) is 22.3 Å². The molecule has 140 valence electrons. The number of hydrogen-bond acceptors (Lipinski definition) is 0. The molecule has 0 radical (unpaired) electrons. The molecule has 0 aromatic heterocycles. The van der Waals surface area contributed by atoms with E-state index in [0.717, 1.165) is 12.8 Å². The Hall–Kier alpha value is -3.64. The van der Waals surface area contributed by atoms with Gasteiger partial charge in [0.05, 0.1) is 0 Å². The minimum absolute atomic E-state index is 1.03. The number of fused-ring (bicyclic) bond motifs is 8. The van der Waals surface area contributed by atoms with E-state index >= 15 is 0 Å². The summed E-state index contributed by atoms with van der Waals surface area (Å²) in [4.78, 5) is 0. The molecule has 0 heterocycles. The van der Waals surface area contributed by atoms with E-state index in [4.69, 9.17) is 0 Å². The summed E-state index contributed by atoms with van der Waals surface area (Å²) in [6, 6.07) is 36.0. The van der Waals surface area contributed by atoms with E-state index < -0.39 is 0 Å². The highest BCUT2D eigenvalue weighted by Gasteiger charge is 2.27. The third-order valence-electron chi connectivity index (χ3n) is 6.88. The summed E-state index contributed by atoms with van der Waals surface area (Å²) >= 11 is 0. The summed E-state index contributed by atoms with van der Waals surface area (Å²) in [5, 5.41) is 2.72. The Morgan fingerprint density at radius 1 is 0.433 bits per heavy atom. The molecule has 0 amide bonds. The molecule has 0 saturated heterocycles. The molecule has 0 fully saturated rings. The zero-order chi connectivity index (χ0) is 19.7. The van der Waals surface area contributed by atoms with Gasteiger partial charge >= 0.3 is 0 Å². The van der Waals surface area contributed by atoms with Crippen molar-refractivity contribution in [1.29, 1.82) is 0 Å². The molecule has 5 aromatic rings. The van der Waals surface area contributed by atoms with Crippen molar-refractivity contribution in [2.45, 2.75) is 12.8 Å². The van der Waals surface area contributed by atoms with Crippen LogP contribution in [0.5, 0.6) is 0 Å². The normalized spacial score (nSPS) is 13.1. The molecule has 5 aromatic carbocycles. The van der Waals surface area contributed by atoms with Crippen molar-refractivity contribution in [2.24, 2.45) is 0 Å². The summed E-state index contributed by atoms with van der Waals surface area (Å²) in [5.41, 5.74) is 14.2. The minimum atomic E-state index is 1.03.